The third-order valence-electron chi connectivity index (χ3n) is 3.56. The molecule has 1 saturated heterocycles. The Morgan fingerprint density at radius 2 is 2.33 bits per heavy atom. The third kappa shape index (κ3) is 4.41. The predicted molar refractivity (Wildman–Crippen MR) is 79.2 cm³/mol. The number of ether oxygens (including phenoxy) is 2. The van der Waals surface area contributed by atoms with E-state index >= 15 is 0 Å². The highest BCUT2D eigenvalue weighted by molar-refractivity contribution is 5.79. The highest BCUT2D eigenvalue weighted by Gasteiger charge is 2.35. The Labute approximate surface area is 125 Å². The van der Waals surface area contributed by atoms with Gasteiger partial charge in [0.1, 0.15) is 12.4 Å². The predicted octanol–water partition coefficient (Wildman–Crippen LogP) is 0.638. The lowest BCUT2D eigenvalue weighted by atomic mass is 10.2. The van der Waals surface area contributed by atoms with Crippen molar-refractivity contribution in [3.8, 4) is 5.75 Å². The van der Waals surface area contributed by atoms with Crippen molar-refractivity contribution in [3.63, 3.8) is 0 Å². The lowest BCUT2D eigenvalue weighted by Crippen LogP contribution is -2.43. The van der Waals surface area contributed by atoms with Crippen LogP contribution in [0, 0.1) is 0 Å². The number of aromatic nitrogens is 1. The van der Waals surface area contributed by atoms with Gasteiger partial charge in [-0.05, 0) is 32.6 Å². The fourth-order valence-electron chi connectivity index (χ4n) is 2.49. The maximum atomic E-state index is 12.3. The van der Waals surface area contributed by atoms with Gasteiger partial charge in [-0.3, -0.25) is 9.78 Å². The molecular weight excluding hydrogens is 270 g/mol. The van der Waals surface area contributed by atoms with Gasteiger partial charge in [-0.15, -0.1) is 0 Å². The first-order chi connectivity index (χ1) is 10.1. The van der Waals surface area contributed by atoms with Gasteiger partial charge in [0.15, 0.2) is 0 Å². The smallest absolute Gasteiger partial charge is 0.237 e. The van der Waals surface area contributed by atoms with Crippen LogP contribution in [0.4, 0.5) is 0 Å². The first-order valence-corrected chi connectivity index (χ1v) is 7.10. The van der Waals surface area contributed by atoms with Gasteiger partial charge in [0, 0.05) is 19.9 Å². The van der Waals surface area contributed by atoms with E-state index in [9.17, 15) is 4.79 Å². The van der Waals surface area contributed by atoms with Crippen LogP contribution in [0.5, 0.6) is 5.75 Å². The van der Waals surface area contributed by atoms with Crippen molar-refractivity contribution >= 4 is 5.91 Å². The lowest BCUT2D eigenvalue weighted by Gasteiger charge is -2.25. The maximum absolute atomic E-state index is 12.3. The Hall–Kier alpha value is -1.66. The molecular formula is C15H23N3O3. The van der Waals surface area contributed by atoms with E-state index < -0.39 is 0 Å². The molecule has 0 spiro atoms. The molecule has 116 valence electrons. The van der Waals surface area contributed by atoms with Crippen molar-refractivity contribution in [3.05, 3.63) is 24.5 Å². The van der Waals surface area contributed by atoms with Crippen LogP contribution in [0.25, 0.3) is 0 Å². The largest absolute Gasteiger partial charge is 0.490 e. The van der Waals surface area contributed by atoms with Gasteiger partial charge in [-0.2, -0.15) is 0 Å². The zero-order chi connectivity index (χ0) is 15.2. The number of hydrogen-bond donors (Lipinski definition) is 0. The molecule has 6 heteroatoms. The average molecular weight is 293 g/mol. The van der Waals surface area contributed by atoms with E-state index in [2.05, 4.69) is 4.98 Å². The second kappa shape index (κ2) is 7.38. The molecule has 1 aliphatic rings. The minimum absolute atomic E-state index is 0.0441. The zero-order valence-corrected chi connectivity index (χ0v) is 12.9. The first kappa shape index (κ1) is 15.7. The number of nitrogens with zero attached hydrogens (tertiary/aromatic N) is 3. The van der Waals surface area contributed by atoms with E-state index in [0.29, 0.717) is 19.7 Å². The molecule has 21 heavy (non-hydrogen) atoms. The van der Waals surface area contributed by atoms with Gasteiger partial charge in [-0.25, -0.2) is 0 Å². The molecule has 0 bridgehead atoms. The Bertz CT molecular complexity index is 453. The van der Waals surface area contributed by atoms with Crippen molar-refractivity contribution in [2.24, 2.45) is 0 Å². The molecule has 1 aromatic heterocycles. The summed E-state index contributed by atoms with van der Waals surface area (Å²) in [6.45, 7) is 1.49. The number of likely N-dealkylation sites (N-methyl/N-ethyl adjacent to an activating group) is 1. The molecule has 2 atom stereocenters. The molecule has 2 rings (SSSR count). The van der Waals surface area contributed by atoms with Crippen LogP contribution in [0.3, 0.4) is 0 Å². The fourth-order valence-corrected chi connectivity index (χ4v) is 2.49. The van der Waals surface area contributed by atoms with Gasteiger partial charge in [0.2, 0.25) is 5.91 Å². The monoisotopic (exact) mass is 293 g/mol. The molecule has 0 N–H and O–H groups in total. The number of methoxy groups -OCH3 is 1. The SMILES string of the molecule is CO[C@@H]1C[C@@H](COc2cccnc2)N(C(=O)CN(C)C)C1. The first-order valence-electron chi connectivity index (χ1n) is 7.10. The highest BCUT2D eigenvalue weighted by Crippen LogP contribution is 2.21. The molecule has 2 heterocycles. The van der Waals surface area contributed by atoms with Crippen molar-refractivity contribution in [2.45, 2.75) is 18.6 Å². The summed E-state index contributed by atoms with van der Waals surface area (Å²) in [5.74, 6) is 0.831. The number of hydrogen-bond acceptors (Lipinski definition) is 5. The molecule has 1 aromatic rings. The van der Waals surface area contributed by atoms with Crippen molar-refractivity contribution in [1.29, 1.82) is 0 Å². The zero-order valence-electron chi connectivity index (χ0n) is 12.9. The highest BCUT2D eigenvalue weighted by atomic mass is 16.5. The Morgan fingerprint density at radius 3 is 2.95 bits per heavy atom. The van der Waals surface area contributed by atoms with Gasteiger partial charge < -0.3 is 19.3 Å². The van der Waals surface area contributed by atoms with Crippen molar-refractivity contribution in [2.75, 3.05) is 40.9 Å². The molecule has 0 radical (unpaired) electrons. The Balaban J connectivity index is 1.95. The van der Waals surface area contributed by atoms with E-state index in [0.717, 1.165) is 12.2 Å². The minimum atomic E-state index is 0.0441. The summed E-state index contributed by atoms with van der Waals surface area (Å²) in [7, 11) is 5.47. The standard InChI is InChI=1S/C15H23N3O3/c1-17(2)10-15(19)18-9-14(20-3)7-12(18)11-21-13-5-4-6-16-8-13/h4-6,8,12,14H,7,9-11H2,1-3H3/t12-,14+/m0/s1. The van der Waals surface area contributed by atoms with E-state index in [1.165, 1.54) is 0 Å². The van der Waals surface area contributed by atoms with Crippen molar-refractivity contribution < 1.29 is 14.3 Å². The molecule has 0 aromatic carbocycles. The second-order valence-corrected chi connectivity index (χ2v) is 5.53. The summed E-state index contributed by atoms with van der Waals surface area (Å²) in [4.78, 5) is 20.1. The minimum Gasteiger partial charge on any atom is -0.490 e. The average Bonchev–Trinajstić information content (AvgIpc) is 2.89. The van der Waals surface area contributed by atoms with Crippen LogP contribution in [-0.2, 0) is 9.53 Å². The topological polar surface area (TPSA) is 54.9 Å². The molecule has 0 unspecified atom stereocenters. The van der Waals surface area contributed by atoms with E-state index in [-0.39, 0.29) is 18.1 Å². The number of rotatable bonds is 6. The van der Waals surface area contributed by atoms with Gasteiger partial charge in [-0.1, -0.05) is 0 Å². The van der Waals surface area contributed by atoms with E-state index in [1.807, 2.05) is 36.0 Å². The second-order valence-electron chi connectivity index (χ2n) is 5.53. The summed E-state index contributed by atoms with van der Waals surface area (Å²) in [6, 6.07) is 3.74. The lowest BCUT2D eigenvalue weighted by molar-refractivity contribution is -0.133. The summed E-state index contributed by atoms with van der Waals surface area (Å²) in [6.07, 6.45) is 4.26. The van der Waals surface area contributed by atoms with Crippen LogP contribution in [0.2, 0.25) is 0 Å². The van der Waals surface area contributed by atoms with Crippen LogP contribution >= 0.6 is 0 Å². The molecule has 1 fully saturated rings. The Kier molecular flexibility index (Phi) is 5.52. The summed E-state index contributed by atoms with van der Waals surface area (Å²) in [5.41, 5.74) is 0. The van der Waals surface area contributed by atoms with Crippen LogP contribution in [-0.4, -0.2) is 73.7 Å². The number of pyridine rings is 1. The number of carbonyl (C=O) groups is 1. The molecule has 1 aliphatic heterocycles. The molecule has 0 saturated carbocycles. The molecule has 1 amide bonds. The quantitative estimate of drug-likeness (QED) is 0.770. The number of carbonyl (C=O) groups excluding carboxylic acids is 1. The van der Waals surface area contributed by atoms with Crippen LogP contribution in [0.1, 0.15) is 6.42 Å². The van der Waals surface area contributed by atoms with E-state index in [4.69, 9.17) is 9.47 Å². The number of likely N-dealkylation sites (tertiary alicyclic amines) is 1. The maximum Gasteiger partial charge on any atom is 0.237 e. The summed E-state index contributed by atoms with van der Waals surface area (Å²) >= 11 is 0. The van der Waals surface area contributed by atoms with Crippen molar-refractivity contribution in [1.82, 2.24) is 14.8 Å². The van der Waals surface area contributed by atoms with Gasteiger partial charge >= 0.3 is 0 Å². The fraction of sp³-hybridized carbons (Fsp3) is 0.600. The third-order valence-corrected chi connectivity index (χ3v) is 3.56. The van der Waals surface area contributed by atoms with E-state index in [1.54, 1.807) is 19.5 Å². The van der Waals surface area contributed by atoms with Crippen LogP contribution in [0.15, 0.2) is 24.5 Å². The van der Waals surface area contributed by atoms with Gasteiger partial charge in [0.05, 0.1) is 24.9 Å². The van der Waals surface area contributed by atoms with Gasteiger partial charge in [0.25, 0.3) is 0 Å². The Morgan fingerprint density at radius 1 is 1.52 bits per heavy atom. The number of amides is 1. The van der Waals surface area contributed by atoms with Crippen LogP contribution < -0.4 is 4.74 Å². The normalized spacial score (nSPS) is 21.8. The summed E-state index contributed by atoms with van der Waals surface area (Å²) in [5, 5.41) is 0. The molecule has 6 nitrogen and oxygen atoms in total. The summed E-state index contributed by atoms with van der Waals surface area (Å²) < 4.78 is 11.1. The molecule has 0 aliphatic carbocycles.